The largest absolute Gasteiger partial charge is 0.472 e. The Balaban J connectivity index is 1.59. The SMILES string of the molecule is O=C(c1ccoc1)N1CCC(N2CC(F)(F)C[C@H]2CO)CC1. The third-order valence-electron chi connectivity index (χ3n) is 4.62. The molecule has 2 fully saturated rings. The molecular weight excluding hydrogens is 294 g/mol. The van der Waals surface area contributed by atoms with E-state index in [0.29, 0.717) is 31.5 Å². The number of amides is 1. The number of hydrogen-bond donors (Lipinski definition) is 1. The molecule has 22 heavy (non-hydrogen) atoms. The third kappa shape index (κ3) is 3.01. The second-order valence-electron chi connectivity index (χ2n) is 6.10. The second kappa shape index (κ2) is 5.96. The van der Waals surface area contributed by atoms with Crippen LogP contribution in [0.25, 0.3) is 0 Å². The molecule has 1 amide bonds. The number of aliphatic hydroxyl groups is 1. The number of carbonyl (C=O) groups excluding carboxylic acids is 1. The van der Waals surface area contributed by atoms with Crippen LogP contribution < -0.4 is 0 Å². The van der Waals surface area contributed by atoms with E-state index in [0.717, 1.165) is 0 Å². The number of halogens is 2. The summed E-state index contributed by atoms with van der Waals surface area (Å²) in [5, 5.41) is 9.31. The zero-order valence-electron chi connectivity index (χ0n) is 12.3. The van der Waals surface area contributed by atoms with Gasteiger partial charge in [-0.15, -0.1) is 0 Å². The van der Waals surface area contributed by atoms with Crippen molar-refractivity contribution in [2.45, 2.75) is 37.3 Å². The molecule has 2 saturated heterocycles. The second-order valence-corrected chi connectivity index (χ2v) is 6.10. The molecule has 0 aliphatic carbocycles. The van der Waals surface area contributed by atoms with Crippen LogP contribution in [0.5, 0.6) is 0 Å². The average molecular weight is 314 g/mol. The number of hydrogen-bond acceptors (Lipinski definition) is 4. The van der Waals surface area contributed by atoms with Gasteiger partial charge in [-0.25, -0.2) is 8.78 Å². The molecule has 1 aromatic heterocycles. The maximum absolute atomic E-state index is 13.5. The number of nitrogens with zero attached hydrogens (tertiary/aromatic N) is 2. The summed E-state index contributed by atoms with van der Waals surface area (Å²) in [5.74, 6) is -2.81. The minimum atomic E-state index is -2.73. The monoisotopic (exact) mass is 314 g/mol. The Bertz CT molecular complexity index is 513. The molecular formula is C15H20F2N2O3. The fraction of sp³-hybridized carbons (Fsp3) is 0.667. The Morgan fingerprint density at radius 3 is 2.73 bits per heavy atom. The third-order valence-corrected chi connectivity index (χ3v) is 4.62. The van der Waals surface area contributed by atoms with Crippen molar-refractivity contribution in [2.24, 2.45) is 0 Å². The zero-order valence-corrected chi connectivity index (χ0v) is 12.3. The highest BCUT2D eigenvalue weighted by molar-refractivity contribution is 5.93. The standard InChI is InChI=1S/C15H20F2N2O3/c16-15(17)7-13(8-20)19(10-15)12-1-4-18(5-2-12)14(21)11-3-6-22-9-11/h3,6,9,12-13,20H,1-2,4-5,7-8,10H2/t13-/m0/s1. The number of likely N-dealkylation sites (tertiary alicyclic amines) is 2. The summed E-state index contributed by atoms with van der Waals surface area (Å²) >= 11 is 0. The molecule has 122 valence electrons. The summed E-state index contributed by atoms with van der Waals surface area (Å²) in [7, 11) is 0. The van der Waals surface area contributed by atoms with Crippen molar-refractivity contribution in [2.75, 3.05) is 26.2 Å². The van der Waals surface area contributed by atoms with Crippen molar-refractivity contribution in [1.82, 2.24) is 9.80 Å². The highest BCUT2D eigenvalue weighted by Crippen LogP contribution is 2.35. The molecule has 3 heterocycles. The molecule has 1 atom stereocenters. The van der Waals surface area contributed by atoms with E-state index in [1.165, 1.54) is 12.5 Å². The van der Waals surface area contributed by atoms with Crippen LogP contribution in [0, 0.1) is 0 Å². The van der Waals surface area contributed by atoms with Gasteiger partial charge < -0.3 is 14.4 Å². The highest BCUT2D eigenvalue weighted by Gasteiger charge is 2.47. The van der Waals surface area contributed by atoms with Crippen LogP contribution in [0.4, 0.5) is 8.78 Å². The molecule has 0 bridgehead atoms. The zero-order chi connectivity index (χ0) is 15.7. The van der Waals surface area contributed by atoms with Gasteiger partial charge in [0.2, 0.25) is 0 Å². The van der Waals surface area contributed by atoms with E-state index in [1.54, 1.807) is 15.9 Å². The lowest BCUT2D eigenvalue weighted by Gasteiger charge is -2.38. The number of rotatable bonds is 3. The number of furan rings is 1. The summed E-state index contributed by atoms with van der Waals surface area (Å²) in [6, 6.07) is 1.15. The molecule has 0 aromatic carbocycles. The molecule has 0 spiro atoms. The maximum Gasteiger partial charge on any atom is 0.262 e. The van der Waals surface area contributed by atoms with E-state index in [-0.39, 0.29) is 31.5 Å². The molecule has 0 saturated carbocycles. The van der Waals surface area contributed by atoms with E-state index in [2.05, 4.69) is 0 Å². The van der Waals surface area contributed by atoms with Gasteiger partial charge in [0.1, 0.15) is 6.26 Å². The smallest absolute Gasteiger partial charge is 0.262 e. The molecule has 3 rings (SSSR count). The van der Waals surface area contributed by atoms with E-state index >= 15 is 0 Å². The number of aliphatic hydroxyl groups excluding tert-OH is 1. The Morgan fingerprint density at radius 2 is 2.14 bits per heavy atom. The van der Waals surface area contributed by atoms with Gasteiger partial charge in [-0.1, -0.05) is 0 Å². The van der Waals surface area contributed by atoms with Gasteiger partial charge in [0.05, 0.1) is 25.0 Å². The van der Waals surface area contributed by atoms with Crippen LogP contribution in [0.1, 0.15) is 29.6 Å². The van der Waals surface area contributed by atoms with Crippen molar-refractivity contribution < 1.29 is 23.1 Å². The highest BCUT2D eigenvalue weighted by atomic mass is 19.3. The summed E-state index contributed by atoms with van der Waals surface area (Å²) < 4.78 is 32.0. The number of alkyl halides is 2. The predicted octanol–water partition coefficient (Wildman–Crippen LogP) is 1.59. The van der Waals surface area contributed by atoms with E-state index < -0.39 is 12.0 Å². The molecule has 0 unspecified atom stereocenters. The Kier molecular flexibility index (Phi) is 4.18. The van der Waals surface area contributed by atoms with Crippen LogP contribution in [-0.2, 0) is 0 Å². The fourth-order valence-corrected chi connectivity index (χ4v) is 3.49. The molecule has 7 heteroatoms. The number of piperidine rings is 1. The van der Waals surface area contributed by atoms with Crippen molar-refractivity contribution >= 4 is 5.91 Å². The summed E-state index contributed by atoms with van der Waals surface area (Å²) in [6.07, 6.45) is 3.89. The summed E-state index contributed by atoms with van der Waals surface area (Å²) in [6.45, 7) is 0.534. The Labute approximate surface area is 127 Å². The molecule has 2 aliphatic heterocycles. The van der Waals surface area contributed by atoms with Crippen LogP contribution >= 0.6 is 0 Å². The van der Waals surface area contributed by atoms with Crippen LogP contribution in [0.3, 0.4) is 0 Å². The average Bonchev–Trinajstić information content (AvgIpc) is 3.14. The maximum atomic E-state index is 13.5. The van der Waals surface area contributed by atoms with Gasteiger partial charge in [-0.05, 0) is 18.9 Å². The summed E-state index contributed by atoms with van der Waals surface area (Å²) in [5.41, 5.74) is 0.513. The normalized spacial score (nSPS) is 26.5. The minimum Gasteiger partial charge on any atom is -0.472 e. The first kappa shape index (κ1) is 15.4. The number of carbonyl (C=O) groups is 1. The predicted molar refractivity (Wildman–Crippen MR) is 74.8 cm³/mol. The van der Waals surface area contributed by atoms with Crippen molar-refractivity contribution in [3.63, 3.8) is 0 Å². The molecule has 2 aliphatic rings. The van der Waals surface area contributed by atoms with E-state index in [1.807, 2.05) is 0 Å². The molecule has 5 nitrogen and oxygen atoms in total. The van der Waals surface area contributed by atoms with Gasteiger partial charge in [-0.3, -0.25) is 9.69 Å². The lowest BCUT2D eigenvalue weighted by molar-refractivity contribution is 0.00296. The van der Waals surface area contributed by atoms with Crippen molar-refractivity contribution in [3.05, 3.63) is 24.2 Å². The van der Waals surface area contributed by atoms with Gasteiger partial charge in [-0.2, -0.15) is 0 Å². The fourth-order valence-electron chi connectivity index (χ4n) is 3.49. The molecule has 1 aromatic rings. The molecule has 0 radical (unpaired) electrons. The van der Waals surface area contributed by atoms with Crippen molar-refractivity contribution in [1.29, 1.82) is 0 Å². The topological polar surface area (TPSA) is 56.9 Å². The lowest BCUT2D eigenvalue weighted by atomic mass is 10.0. The first-order chi connectivity index (χ1) is 10.5. The van der Waals surface area contributed by atoms with Gasteiger partial charge in [0.25, 0.3) is 11.8 Å². The van der Waals surface area contributed by atoms with Crippen LogP contribution in [0.15, 0.2) is 23.0 Å². The van der Waals surface area contributed by atoms with Gasteiger partial charge in [0.15, 0.2) is 0 Å². The quantitative estimate of drug-likeness (QED) is 0.920. The van der Waals surface area contributed by atoms with Crippen LogP contribution in [-0.4, -0.2) is 65.1 Å². The Morgan fingerprint density at radius 1 is 1.41 bits per heavy atom. The van der Waals surface area contributed by atoms with Crippen molar-refractivity contribution in [3.8, 4) is 0 Å². The summed E-state index contributed by atoms with van der Waals surface area (Å²) in [4.78, 5) is 15.7. The lowest BCUT2D eigenvalue weighted by Crippen LogP contribution is -2.49. The van der Waals surface area contributed by atoms with Gasteiger partial charge in [0, 0.05) is 31.6 Å². The first-order valence-electron chi connectivity index (χ1n) is 7.56. The Hall–Kier alpha value is -1.47. The van der Waals surface area contributed by atoms with Crippen LogP contribution in [0.2, 0.25) is 0 Å². The van der Waals surface area contributed by atoms with E-state index in [9.17, 15) is 18.7 Å². The minimum absolute atomic E-state index is 0.000996. The van der Waals surface area contributed by atoms with E-state index in [4.69, 9.17) is 4.42 Å². The molecule has 1 N–H and O–H groups in total. The van der Waals surface area contributed by atoms with Gasteiger partial charge >= 0.3 is 0 Å². The first-order valence-corrected chi connectivity index (χ1v) is 7.56.